The molecule has 21 heavy (non-hydrogen) atoms. The van der Waals surface area contributed by atoms with Gasteiger partial charge < -0.3 is 14.5 Å². The van der Waals surface area contributed by atoms with Gasteiger partial charge >= 0.3 is 0 Å². The molecular formula is C13H18N4O2S2. The van der Waals surface area contributed by atoms with E-state index in [1.807, 2.05) is 13.8 Å². The molecule has 1 aliphatic rings. The monoisotopic (exact) mass is 326 g/mol. The molecule has 8 heteroatoms. The number of oxazole rings is 1. The first-order valence-electron chi connectivity index (χ1n) is 6.95. The summed E-state index contributed by atoms with van der Waals surface area (Å²) in [4.78, 5) is 4.36. The summed E-state index contributed by atoms with van der Waals surface area (Å²) in [6.07, 6.45) is 2.58. The average molecular weight is 326 g/mol. The fourth-order valence-corrected chi connectivity index (χ4v) is 3.67. The van der Waals surface area contributed by atoms with Gasteiger partial charge in [-0.05, 0) is 26.7 Å². The highest BCUT2D eigenvalue weighted by Gasteiger charge is 2.16. The van der Waals surface area contributed by atoms with Crippen molar-refractivity contribution in [3.8, 4) is 0 Å². The van der Waals surface area contributed by atoms with E-state index in [9.17, 15) is 0 Å². The Hall–Kier alpha value is -1.12. The molecular weight excluding hydrogens is 308 g/mol. The Kier molecular flexibility index (Phi) is 4.77. The smallest absolute Gasteiger partial charge is 0.206 e. The Morgan fingerprint density at radius 3 is 3.00 bits per heavy atom. The molecule has 0 bridgehead atoms. The van der Waals surface area contributed by atoms with Crippen molar-refractivity contribution in [1.82, 2.24) is 15.2 Å². The first kappa shape index (κ1) is 14.8. The molecule has 1 saturated heterocycles. The number of hydrogen-bond acceptors (Lipinski definition) is 8. The molecule has 0 spiro atoms. The second kappa shape index (κ2) is 6.76. The summed E-state index contributed by atoms with van der Waals surface area (Å²) in [6, 6.07) is 0. The quantitative estimate of drug-likeness (QED) is 0.818. The lowest BCUT2D eigenvalue weighted by atomic mass is 10.2. The minimum Gasteiger partial charge on any atom is -0.445 e. The van der Waals surface area contributed by atoms with Crippen molar-refractivity contribution in [1.29, 1.82) is 0 Å². The van der Waals surface area contributed by atoms with Crippen LogP contribution in [0.3, 0.4) is 0 Å². The van der Waals surface area contributed by atoms with E-state index in [-0.39, 0.29) is 0 Å². The Balaban J connectivity index is 1.48. The maximum Gasteiger partial charge on any atom is 0.206 e. The Morgan fingerprint density at radius 2 is 2.29 bits per heavy atom. The van der Waals surface area contributed by atoms with Gasteiger partial charge in [0.05, 0.1) is 17.6 Å². The van der Waals surface area contributed by atoms with Crippen LogP contribution in [0.15, 0.2) is 8.76 Å². The molecule has 0 saturated carbocycles. The van der Waals surface area contributed by atoms with E-state index in [4.69, 9.17) is 9.15 Å². The predicted octanol–water partition coefficient (Wildman–Crippen LogP) is 3.03. The van der Waals surface area contributed by atoms with Gasteiger partial charge in [-0.25, -0.2) is 4.98 Å². The van der Waals surface area contributed by atoms with Crippen molar-refractivity contribution in [2.24, 2.45) is 0 Å². The van der Waals surface area contributed by atoms with Crippen LogP contribution in [-0.2, 0) is 10.5 Å². The maximum atomic E-state index is 5.57. The van der Waals surface area contributed by atoms with Crippen LogP contribution in [0.1, 0.15) is 30.2 Å². The van der Waals surface area contributed by atoms with Gasteiger partial charge in [-0.3, -0.25) is 0 Å². The van der Waals surface area contributed by atoms with Gasteiger partial charge in [0.1, 0.15) is 5.76 Å². The van der Waals surface area contributed by atoms with Crippen molar-refractivity contribution in [2.45, 2.75) is 42.9 Å². The van der Waals surface area contributed by atoms with Crippen LogP contribution in [0, 0.1) is 13.8 Å². The molecule has 1 N–H and O–H groups in total. The second-order valence-corrected chi connectivity index (χ2v) is 7.13. The molecule has 0 radical (unpaired) electrons. The van der Waals surface area contributed by atoms with E-state index in [1.165, 1.54) is 0 Å². The second-order valence-electron chi connectivity index (χ2n) is 4.93. The summed E-state index contributed by atoms with van der Waals surface area (Å²) in [7, 11) is 0. The third-order valence-corrected chi connectivity index (χ3v) is 5.30. The highest BCUT2D eigenvalue weighted by molar-refractivity contribution is 8.00. The van der Waals surface area contributed by atoms with Gasteiger partial charge in [0.2, 0.25) is 11.0 Å². The number of rotatable bonds is 6. The average Bonchev–Trinajstić information content (AvgIpc) is 3.18. The summed E-state index contributed by atoms with van der Waals surface area (Å²) in [5.74, 6) is 2.29. The fraction of sp³-hybridized carbons (Fsp3) is 0.615. The molecule has 1 fully saturated rings. The fourth-order valence-electron chi connectivity index (χ4n) is 2.07. The number of aryl methyl sites for hydroxylation is 2. The van der Waals surface area contributed by atoms with Crippen molar-refractivity contribution >= 4 is 28.2 Å². The van der Waals surface area contributed by atoms with Crippen LogP contribution in [0.5, 0.6) is 0 Å². The number of nitrogens with one attached hydrogen (secondary N) is 1. The summed E-state index contributed by atoms with van der Waals surface area (Å²) in [6.45, 7) is 5.55. The van der Waals surface area contributed by atoms with Crippen molar-refractivity contribution in [3.63, 3.8) is 0 Å². The Bertz CT molecular complexity index is 573. The SMILES string of the molecule is Cc1nc(CSc2nnc(NCC3CCCO3)s2)oc1C. The standard InChI is InChI=1S/C13H18N4O2S2/c1-8-9(2)19-11(15-8)7-20-13-17-16-12(21-13)14-6-10-4-3-5-18-10/h10H,3-7H2,1-2H3,(H,14,16). The number of nitrogens with zero attached hydrogens (tertiary/aromatic N) is 3. The summed E-state index contributed by atoms with van der Waals surface area (Å²) in [5, 5.41) is 12.4. The van der Waals surface area contributed by atoms with E-state index >= 15 is 0 Å². The molecule has 2 aromatic rings. The van der Waals surface area contributed by atoms with Crippen LogP contribution >= 0.6 is 23.1 Å². The van der Waals surface area contributed by atoms with Crippen molar-refractivity contribution < 1.29 is 9.15 Å². The molecule has 0 amide bonds. The topological polar surface area (TPSA) is 73.1 Å². The number of aromatic nitrogens is 3. The van der Waals surface area contributed by atoms with Gasteiger partial charge in [-0.15, -0.1) is 10.2 Å². The van der Waals surface area contributed by atoms with E-state index in [0.717, 1.165) is 52.8 Å². The van der Waals surface area contributed by atoms with Gasteiger partial charge in [-0.1, -0.05) is 23.1 Å². The van der Waals surface area contributed by atoms with Gasteiger partial charge in [0.25, 0.3) is 0 Å². The van der Waals surface area contributed by atoms with Gasteiger partial charge in [-0.2, -0.15) is 0 Å². The van der Waals surface area contributed by atoms with Crippen LogP contribution in [-0.4, -0.2) is 34.4 Å². The minimum absolute atomic E-state index is 0.309. The zero-order valence-electron chi connectivity index (χ0n) is 12.1. The van der Waals surface area contributed by atoms with Crippen LogP contribution in [0.25, 0.3) is 0 Å². The molecule has 2 aromatic heterocycles. The van der Waals surface area contributed by atoms with Crippen LogP contribution in [0.4, 0.5) is 5.13 Å². The third kappa shape index (κ3) is 3.96. The largest absolute Gasteiger partial charge is 0.445 e. The zero-order chi connectivity index (χ0) is 14.7. The maximum absolute atomic E-state index is 5.57. The minimum atomic E-state index is 0.309. The normalized spacial score (nSPS) is 18.3. The highest BCUT2D eigenvalue weighted by atomic mass is 32.2. The molecule has 0 aliphatic carbocycles. The van der Waals surface area contributed by atoms with E-state index in [1.54, 1.807) is 23.1 Å². The number of hydrogen-bond donors (Lipinski definition) is 1. The van der Waals surface area contributed by atoms with Gasteiger partial charge in [0.15, 0.2) is 4.34 Å². The molecule has 1 aliphatic heterocycles. The zero-order valence-corrected chi connectivity index (χ0v) is 13.7. The molecule has 1 unspecified atom stereocenters. The van der Waals surface area contributed by atoms with Crippen molar-refractivity contribution in [3.05, 3.63) is 17.3 Å². The number of ether oxygens (including phenoxy) is 1. The summed E-state index contributed by atoms with van der Waals surface area (Å²) < 4.78 is 12.0. The lowest BCUT2D eigenvalue weighted by molar-refractivity contribution is 0.120. The number of thioether (sulfide) groups is 1. The molecule has 3 heterocycles. The molecule has 0 aromatic carbocycles. The lowest BCUT2D eigenvalue weighted by Crippen LogP contribution is -2.18. The van der Waals surface area contributed by atoms with E-state index in [0.29, 0.717) is 11.9 Å². The first-order chi connectivity index (χ1) is 10.2. The molecule has 114 valence electrons. The molecule has 1 atom stereocenters. The van der Waals surface area contributed by atoms with Crippen LogP contribution < -0.4 is 5.32 Å². The van der Waals surface area contributed by atoms with E-state index < -0.39 is 0 Å². The lowest BCUT2D eigenvalue weighted by Gasteiger charge is -2.08. The summed E-state index contributed by atoms with van der Waals surface area (Å²) in [5.41, 5.74) is 0.946. The molecule has 6 nitrogen and oxygen atoms in total. The van der Waals surface area contributed by atoms with E-state index in [2.05, 4.69) is 20.5 Å². The first-order valence-corrected chi connectivity index (χ1v) is 8.75. The van der Waals surface area contributed by atoms with Crippen LogP contribution in [0.2, 0.25) is 0 Å². The number of anilines is 1. The Labute approximate surface area is 131 Å². The Morgan fingerprint density at radius 1 is 1.38 bits per heavy atom. The predicted molar refractivity (Wildman–Crippen MR) is 82.9 cm³/mol. The summed E-state index contributed by atoms with van der Waals surface area (Å²) >= 11 is 3.14. The molecule has 3 rings (SSSR count). The van der Waals surface area contributed by atoms with Gasteiger partial charge in [0, 0.05) is 13.2 Å². The highest BCUT2D eigenvalue weighted by Crippen LogP contribution is 2.28. The third-order valence-electron chi connectivity index (χ3n) is 3.30. The van der Waals surface area contributed by atoms with Crippen molar-refractivity contribution in [2.75, 3.05) is 18.5 Å².